The maximum absolute atomic E-state index is 5.78. The van der Waals surface area contributed by atoms with E-state index in [-0.39, 0.29) is 24.0 Å². The van der Waals surface area contributed by atoms with Gasteiger partial charge in [0.05, 0.1) is 20.8 Å². The second-order valence-electron chi connectivity index (χ2n) is 7.68. The molecular weight excluding hydrogens is 517 g/mol. The first-order valence-electron chi connectivity index (χ1n) is 11.1. The highest BCUT2D eigenvalue weighted by Gasteiger charge is 2.21. The first-order chi connectivity index (χ1) is 15.2. The number of ether oxygens (including phenoxy) is 3. The van der Waals surface area contributed by atoms with Gasteiger partial charge < -0.3 is 24.4 Å². The van der Waals surface area contributed by atoms with E-state index < -0.39 is 0 Å². The van der Waals surface area contributed by atoms with Crippen molar-refractivity contribution in [3.05, 3.63) is 59.2 Å². The van der Waals surface area contributed by atoms with Gasteiger partial charge in [0.15, 0.2) is 17.5 Å². The number of hydrogen-bond acceptors (Lipinski definition) is 4. The number of guanidine groups is 1. The molecule has 1 aliphatic rings. The zero-order valence-electron chi connectivity index (χ0n) is 19.4. The van der Waals surface area contributed by atoms with E-state index in [0.717, 1.165) is 76.0 Å². The van der Waals surface area contributed by atoms with Crippen LogP contribution in [0.4, 0.5) is 0 Å². The van der Waals surface area contributed by atoms with Crippen molar-refractivity contribution < 1.29 is 14.2 Å². The SMILES string of the molecule is CN=C(NCCCCOCCc1ccccc1)N1CCc2cc(OC)c(OC)cc2C1.I. The van der Waals surface area contributed by atoms with Crippen molar-refractivity contribution in [2.24, 2.45) is 4.99 Å². The monoisotopic (exact) mass is 553 g/mol. The van der Waals surface area contributed by atoms with Gasteiger partial charge >= 0.3 is 0 Å². The molecule has 2 aromatic rings. The number of fused-ring (bicyclic) bond motifs is 1. The van der Waals surface area contributed by atoms with Gasteiger partial charge in [0.1, 0.15) is 0 Å². The highest BCUT2D eigenvalue weighted by Crippen LogP contribution is 2.33. The van der Waals surface area contributed by atoms with Gasteiger partial charge in [-0.15, -0.1) is 24.0 Å². The Bertz CT molecular complexity index is 846. The smallest absolute Gasteiger partial charge is 0.193 e. The van der Waals surface area contributed by atoms with Gasteiger partial charge in [0.25, 0.3) is 0 Å². The number of aliphatic imine (C=N–C) groups is 1. The molecule has 176 valence electrons. The Morgan fingerprint density at radius 3 is 2.41 bits per heavy atom. The molecule has 0 saturated heterocycles. The number of methoxy groups -OCH3 is 2. The molecule has 0 aromatic heterocycles. The molecule has 0 aliphatic carbocycles. The number of nitrogens with zero attached hydrogens (tertiary/aromatic N) is 2. The normalized spacial score (nSPS) is 13.2. The van der Waals surface area contributed by atoms with Crippen LogP contribution < -0.4 is 14.8 Å². The molecule has 1 N–H and O–H groups in total. The van der Waals surface area contributed by atoms with Crippen LogP contribution in [-0.2, 0) is 24.1 Å². The lowest BCUT2D eigenvalue weighted by Crippen LogP contribution is -2.44. The fourth-order valence-electron chi connectivity index (χ4n) is 3.86. The summed E-state index contributed by atoms with van der Waals surface area (Å²) in [6.07, 6.45) is 4.03. The van der Waals surface area contributed by atoms with Gasteiger partial charge in [-0.1, -0.05) is 30.3 Å². The summed E-state index contributed by atoms with van der Waals surface area (Å²) in [4.78, 5) is 6.78. The van der Waals surface area contributed by atoms with Gasteiger partial charge in [-0.25, -0.2) is 0 Å². The largest absolute Gasteiger partial charge is 0.493 e. The maximum Gasteiger partial charge on any atom is 0.193 e. The number of benzene rings is 2. The van der Waals surface area contributed by atoms with Crippen LogP contribution in [0.5, 0.6) is 11.5 Å². The summed E-state index contributed by atoms with van der Waals surface area (Å²) < 4.78 is 16.7. The van der Waals surface area contributed by atoms with Gasteiger partial charge in [0, 0.05) is 33.3 Å². The Labute approximate surface area is 209 Å². The van der Waals surface area contributed by atoms with Crippen LogP contribution in [0.3, 0.4) is 0 Å². The van der Waals surface area contributed by atoms with E-state index in [1.54, 1.807) is 14.2 Å². The van der Waals surface area contributed by atoms with E-state index >= 15 is 0 Å². The van der Waals surface area contributed by atoms with E-state index in [4.69, 9.17) is 14.2 Å². The predicted octanol–water partition coefficient (Wildman–Crippen LogP) is 4.29. The lowest BCUT2D eigenvalue weighted by Gasteiger charge is -2.32. The first kappa shape index (κ1) is 26.3. The van der Waals surface area contributed by atoms with Crippen LogP contribution >= 0.6 is 24.0 Å². The van der Waals surface area contributed by atoms with E-state index in [0.29, 0.717) is 0 Å². The summed E-state index contributed by atoms with van der Waals surface area (Å²) in [5, 5.41) is 3.50. The van der Waals surface area contributed by atoms with E-state index in [1.807, 2.05) is 13.1 Å². The highest BCUT2D eigenvalue weighted by molar-refractivity contribution is 14.0. The lowest BCUT2D eigenvalue weighted by molar-refractivity contribution is 0.133. The summed E-state index contributed by atoms with van der Waals surface area (Å²) in [6.45, 7) is 4.22. The number of hydrogen-bond donors (Lipinski definition) is 1. The van der Waals surface area contributed by atoms with Crippen LogP contribution in [0.2, 0.25) is 0 Å². The molecule has 32 heavy (non-hydrogen) atoms. The quantitative estimate of drug-likeness (QED) is 0.206. The topological polar surface area (TPSA) is 55.3 Å². The Kier molecular flexibility index (Phi) is 11.7. The van der Waals surface area contributed by atoms with E-state index in [2.05, 4.69) is 51.6 Å². The zero-order valence-corrected chi connectivity index (χ0v) is 21.8. The molecule has 0 amide bonds. The van der Waals surface area contributed by atoms with Crippen molar-refractivity contribution in [3.63, 3.8) is 0 Å². The van der Waals surface area contributed by atoms with Crippen molar-refractivity contribution >= 4 is 29.9 Å². The molecule has 0 unspecified atom stereocenters. The van der Waals surface area contributed by atoms with Crippen molar-refractivity contribution in [1.29, 1.82) is 0 Å². The highest BCUT2D eigenvalue weighted by atomic mass is 127. The average molecular weight is 553 g/mol. The molecule has 2 aromatic carbocycles. The van der Waals surface area contributed by atoms with E-state index in [9.17, 15) is 0 Å². The standard InChI is InChI=1S/C25H35N3O3.HI/c1-26-25(27-13-7-8-15-31-16-12-20-9-5-4-6-10-20)28-14-11-21-17-23(29-2)24(30-3)18-22(21)19-28;/h4-6,9-10,17-18H,7-8,11-16,19H2,1-3H3,(H,26,27);1H. The minimum Gasteiger partial charge on any atom is -0.493 e. The molecule has 0 atom stereocenters. The van der Waals surface area contributed by atoms with Crippen LogP contribution in [0.25, 0.3) is 0 Å². The Hall–Kier alpha value is -2.00. The van der Waals surface area contributed by atoms with Crippen molar-refractivity contribution in [2.45, 2.75) is 32.2 Å². The molecule has 0 bridgehead atoms. The van der Waals surface area contributed by atoms with Crippen LogP contribution in [0, 0.1) is 0 Å². The number of unbranched alkanes of at least 4 members (excludes halogenated alkanes) is 1. The van der Waals surface area contributed by atoms with Crippen LogP contribution in [-0.4, -0.2) is 58.4 Å². The molecule has 0 saturated carbocycles. The fourth-order valence-corrected chi connectivity index (χ4v) is 3.86. The van der Waals surface area contributed by atoms with Crippen LogP contribution in [0.15, 0.2) is 47.5 Å². The molecule has 7 heteroatoms. The maximum atomic E-state index is 5.78. The number of nitrogens with one attached hydrogen (secondary N) is 1. The van der Waals surface area contributed by atoms with Crippen molar-refractivity contribution in [3.8, 4) is 11.5 Å². The van der Waals surface area contributed by atoms with E-state index in [1.165, 1.54) is 16.7 Å². The third-order valence-electron chi connectivity index (χ3n) is 5.61. The van der Waals surface area contributed by atoms with Gasteiger partial charge in [0.2, 0.25) is 0 Å². The minimum atomic E-state index is 0. The van der Waals surface area contributed by atoms with Crippen LogP contribution in [0.1, 0.15) is 29.5 Å². The molecule has 0 radical (unpaired) electrons. The Balaban J connectivity index is 0.00000363. The van der Waals surface area contributed by atoms with Gasteiger partial charge in [-0.05, 0) is 54.5 Å². The summed E-state index contributed by atoms with van der Waals surface area (Å²) in [6, 6.07) is 14.7. The summed E-state index contributed by atoms with van der Waals surface area (Å²) in [7, 11) is 5.20. The summed E-state index contributed by atoms with van der Waals surface area (Å²) in [5.41, 5.74) is 3.91. The summed E-state index contributed by atoms with van der Waals surface area (Å²) >= 11 is 0. The third kappa shape index (κ3) is 7.55. The molecule has 0 fully saturated rings. The molecular formula is C25H36IN3O3. The molecule has 1 heterocycles. The van der Waals surface area contributed by atoms with Crippen molar-refractivity contribution in [1.82, 2.24) is 10.2 Å². The Morgan fingerprint density at radius 1 is 1.00 bits per heavy atom. The third-order valence-corrected chi connectivity index (χ3v) is 5.61. The fraction of sp³-hybridized carbons (Fsp3) is 0.480. The molecule has 3 rings (SSSR count). The molecule has 0 spiro atoms. The second kappa shape index (κ2) is 14.2. The zero-order chi connectivity index (χ0) is 21.9. The van der Waals surface area contributed by atoms with Gasteiger partial charge in [-0.3, -0.25) is 4.99 Å². The number of rotatable bonds is 10. The minimum absolute atomic E-state index is 0. The first-order valence-corrected chi connectivity index (χ1v) is 11.1. The number of halogens is 1. The Morgan fingerprint density at radius 2 is 1.72 bits per heavy atom. The summed E-state index contributed by atoms with van der Waals surface area (Å²) in [5.74, 6) is 2.52. The average Bonchev–Trinajstić information content (AvgIpc) is 2.82. The van der Waals surface area contributed by atoms with Gasteiger partial charge in [-0.2, -0.15) is 0 Å². The predicted molar refractivity (Wildman–Crippen MR) is 141 cm³/mol. The molecule has 6 nitrogen and oxygen atoms in total. The second-order valence-corrected chi connectivity index (χ2v) is 7.68. The molecule has 1 aliphatic heterocycles. The lowest BCUT2D eigenvalue weighted by atomic mass is 9.99. The van der Waals surface area contributed by atoms with Crippen molar-refractivity contribution in [2.75, 3.05) is 47.6 Å².